The number of likely N-dealkylation sites (N-methyl/N-ethyl adjacent to an activating group) is 1. The molecular weight excluding hydrogens is 266 g/mol. The number of nitrogens with zero attached hydrogens (tertiary/aromatic N) is 2. The third kappa shape index (κ3) is 3.73. The second kappa shape index (κ2) is 7.20. The summed E-state index contributed by atoms with van der Waals surface area (Å²) >= 11 is 0. The van der Waals surface area contributed by atoms with E-state index in [2.05, 4.69) is 16.8 Å². The van der Waals surface area contributed by atoms with E-state index in [-0.39, 0.29) is 12.1 Å². The number of methoxy groups -OCH3 is 1. The number of aryl methyl sites for hydroxylation is 1. The molecular formula is C16H27N3O2. The number of rotatable bonds is 5. The maximum atomic E-state index is 6.36. The molecule has 2 heterocycles. The average Bonchev–Trinajstić information content (AvgIpc) is 2.50. The molecule has 2 unspecified atom stereocenters. The van der Waals surface area contributed by atoms with Gasteiger partial charge in [-0.1, -0.05) is 6.92 Å². The van der Waals surface area contributed by atoms with E-state index < -0.39 is 0 Å². The van der Waals surface area contributed by atoms with E-state index in [4.69, 9.17) is 15.2 Å². The molecule has 21 heavy (non-hydrogen) atoms. The van der Waals surface area contributed by atoms with E-state index >= 15 is 0 Å². The molecule has 1 saturated heterocycles. The lowest BCUT2D eigenvalue weighted by atomic mass is 10.0. The van der Waals surface area contributed by atoms with Crippen LogP contribution >= 0.6 is 0 Å². The Kier molecular flexibility index (Phi) is 5.56. The molecule has 5 heteroatoms. The van der Waals surface area contributed by atoms with Gasteiger partial charge in [-0.05, 0) is 20.4 Å². The predicted molar refractivity (Wildman–Crippen MR) is 83.8 cm³/mol. The van der Waals surface area contributed by atoms with E-state index in [1.807, 2.05) is 20.0 Å². The second-order valence-electron chi connectivity index (χ2n) is 5.72. The van der Waals surface area contributed by atoms with Gasteiger partial charge in [-0.15, -0.1) is 0 Å². The number of morpholine rings is 1. The van der Waals surface area contributed by atoms with Crippen LogP contribution in [0.25, 0.3) is 0 Å². The zero-order valence-corrected chi connectivity index (χ0v) is 13.6. The Balaban J connectivity index is 2.07. The van der Waals surface area contributed by atoms with Gasteiger partial charge < -0.3 is 15.2 Å². The Morgan fingerprint density at radius 2 is 2.29 bits per heavy atom. The van der Waals surface area contributed by atoms with Crippen LogP contribution in [0.5, 0.6) is 5.75 Å². The summed E-state index contributed by atoms with van der Waals surface area (Å²) in [5, 5.41) is 0. The van der Waals surface area contributed by atoms with Gasteiger partial charge >= 0.3 is 0 Å². The third-order valence-corrected chi connectivity index (χ3v) is 4.28. The quantitative estimate of drug-likeness (QED) is 0.886. The van der Waals surface area contributed by atoms with Crippen molar-refractivity contribution in [2.75, 3.05) is 33.4 Å². The summed E-state index contributed by atoms with van der Waals surface area (Å²) in [7, 11) is 1.70. The number of ether oxygens (including phenoxy) is 2. The molecule has 0 aliphatic carbocycles. The van der Waals surface area contributed by atoms with E-state index in [1.165, 1.54) is 0 Å². The summed E-state index contributed by atoms with van der Waals surface area (Å²) in [6.07, 6.45) is 2.64. The predicted octanol–water partition coefficient (Wildman–Crippen LogP) is 1.30. The van der Waals surface area contributed by atoms with Crippen LogP contribution in [-0.4, -0.2) is 55.4 Å². The number of pyridine rings is 1. The van der Waals surface area contributed by atoms with Crippen LogP contribution in [0.15, 0.2) is 6.20 Å². The van der Waals surface area contributed by atoms with Crippen molar-refractivity contribution in [2.45, 2.75) is 39.3 Å². The Bertz CT molecular complexity index is 479. The van der Waals surface area contributed by atoms with Crippen LogP contribution in [0.3, 0.4) is 0 Å². The molecule has 0 bridgehead atoms. The van der Waals surface area contributed by atoms with E-state index in [9.17, 15) is 0 Å². The second-order valence-corrected chi connectivity index (χ2v) is 5.72. The maximum Gasteiger partial charge on any atom is 0.128 e. The zero-order chi connectivity index (χ0) is 15.4. The molecule has 0 aromatic carbocycles. The van der Waals surface area contributed by atoms with Crippen LogP contribution in [0.4, 0.5) is 0 Å². The van der Waals surface area contributed by atoms with Crippen molar-refractivity contribution in [2.24, 2.45) is 5.73 Å². The minimum atomic E-state index is -0.0436. The molecule has 2 N–H and O–H groups in total. The fourth-order valence-corrected chi connectivity index (χ4v) is 2.91. The highest BCUT2D eigenvalue weighted by Crippen LogP contribution is 2.25. The Hall–Kier alpha value is -1.17. The summed E-state index contributed by atoms with van der Waals surface area (Å²) in [5.74, 6) is 0.909. The molecule has 5 nitrogen and oxygen atoms in total. The molecule has 0 spiro atoms. The first-order chi connectivity index (χ1) is 10.1. The lowest BCUT2D eigenvalue weighted by Gasteiger charge is -2.35. The largest absolute Gasteiger partial charge is 0.496 e. The lowest BCUT2D eigenvalue weighted by molar-refractivity contribution is -0.0386. The number of nitrogens with two attached hydrogens (primary N) is 1. The van der Waals surface area contributed by atoms with Crippen molar-refractivity contribution < 1.29 is 9.47 Å². The molecule has 1 aliphatic heterocycles. The molecule has 1 aromatic rings. The molecule has 0 saturated carbocycles. The van der Waals surface area contributed by atoms with Crippen molar-refractivity contribution in [3.63, 3.8) is 0 Å². The van der Waals surface area contributed by atoms with Gasteiger partial charge in [0.05, 0.1) is 19.8 Å². The first kappa shape index (κ1) is 16.2. The minimum absolute atomic E-state index is 0.0436. The monoisotopic (exact) mass is 293 g/mol. The van der Waals surface area contributed by atoms with Gasteiger partial charge in [0.2, 0.25) is 0 Å². The van der Waals surface area contributed by atoms with Crippen molar-refractivity contribution in [3.8, 4) is 5.75 Å². The SMILES string of the molecule is CCN1CCOC(C(N)Cc2ncc(C)c(OC)c2C)C1. The fraction of sp³-hybridized carbons (Fsp3) is 0.688. The van der Waals surface area contributed by atoms with Crippen molar-refractivity contribution in [3.05, 3.63) is 23.0 Å². The summed E-state index contributed by atoms with van der Waals surface area (Å²) in [5.41, 5.74) is 9.50. The number of hydrogen-bond acceptors (Lipinski definition) is 5. The Morgan fingerprint density at radius 3 is 2.95 bits per heavy atom. The van der Waals surface area contributed by atoms with Crippen molar-refractivity contribution in [1.29, 1.82) is 0 Å². The van der Waals surface area contributed by atoms with E-state index in [1.54, 1.807) is 7.11 Å². The topological polar surface area (TPSA) is 60.6 Å². The highest BCUT2D eigenvalue weighted by molar-refractivity contribution is 5.41. The Labute approximate surface area is 127 Å². The third-order valence-electron chi connectivity index (χ3n) is 4.28. The molecule has 0 radical (unpaired) electrons. The maximum absolute atomic E-state index is 6.36. The summed E-state index contributed by atoms with van der Waals surface area (Å²) in [6.45, 7) is 9.92. The van der Waals surface area contributed by atoms with Gasteiger partial charge in [0.1, 0.15) is 5.75 Å². The van der Waals surface area contributed by atoms with Gasteiger partial charge in [0, 0.05) is 48.6 Å². The lowest BCUT2D eigenvalue weighted by Crippen LogP contribution is -2.51. The summed E-state index contributed by atoms with van der Waals surface area (Å²) in [4.78, 5) is 6.91. The highest BCUT2D eigenvalue weighted by Gasteiger charge is 2.26. The van der Waals surface area contributed by atoms with E-state index in [0.717, 1.165) is 48.8 Å². The molecule has 118 valence electrons. The molecule has 1 aromatic heterocycles. The number of aromatic nitrogens is 1. The smallest absolute Gasteiger partial charge is 0.128 e. The van der Waals surface area contributed by atoms with Crippen LogP contribution in [0, 0.1) is 13.8 Å². The first-order valence-corrected chi connectivity index (χ1v) is 7.65. The molecule has 2 rings (SSSR count). The minimum Gasteiger partial charge on any atom is -0.496 e. The molecule has 1 fully saturated rings. The van der Waals surface area contributed by atoms with Crippen LogP contribution in [0.2, 0.25) is 0 Å². The molecule has 1 aliphatic rings. The van der Waals surface area contributed by atoms with E-state index in [0.29, 0.717) is 6.42 Å². The first-order valence-electron chi connectivity index (χ1n) is 7.65. The molecule has 0 amide bonds. The summed E-state index contributed by atoms with van der Waals surface area (Å²) in [6, 6.07) is -0.0436. The molecule has 2 atom stereocenters. The number of hydrogen-bond donors (Lipinski definition) is 1. The van der Waals surface area contributed by atoms with Crippen LogP contribution < -0.4 is 10.5 Å². The highest BCUT2D eigenvalue weighted by atomic mass is 16.5. The van der Waals surface area contributed by atoms with Crippen molar-refractivity contribution in [1.82, 2.24) is 9.88 Å². The normalized spacial score (nSPS) is 21.3. The van der Waals surface area contributed by atoms with Gasteiger partial charge in [0.25, 0.3) is 0 Å². The van der Waals surface area contributed by atoms with Gasteiger partial charge in [0.15, 0.2) is 0 Å². The van der Waals surface area contributed by atoms with Crippen LogP contribution in [0.1, 0.15) is 23.7 Å². The van der Waals surface area contributed by atoms with Crippen LogP contribution in [-0.2, 0) is 11.2 Å². The Morgan fingerprint density at radius 1 is 1.52 bits per heavy atom. The summed E-state index contributed by atoms with van der Waals surface area (Å²) < 4.78 is 11.3. The zero-order valence-electron chi connectivity index (χ0n) is 13.6. The van der Waals surface area contributed by atoms with Gasteiger partial charge in [-0.2, -0.15) is 0 Å². The standard InChI is InChI=1S/C16H27N3O2/c1-5-19-6-7-21-15(10-19)13(17)8-14-12(3)16(20-4)11(2)9-18-14/h9,13,15H,5-8,10,17H2,1-4H3. The van der Waals surface area contributed by atoms with Gasteiger partial charge in [-0.25, -0.2) is 0 Å². The fourth-order valence-electron chi connectivity index (χ4n) is 2.91. The van der Waals surface area contributed by atoms with Gasteiger partial charge in [-0.3, -0.25) is 9.88 Å². The average molecular weight is 293 g/mol. The van der Waals surface area contributed by atoms with Crippen molar-refractivity contribution >= 4 is 0 Å².